The number of phenols is 1. The average molecular weight is 362 g/mol. The molecule has 0 saturated heterocycles. The number of aromatic hydroxyl groups is 1. The summed E-state index contributed by atoms with van der Waals surface area (Å²) >= 11 is 2.08. The molecule has 1 aromatic rings. The van der Waals surface area contributed by atoms with Crippen molar-refractivity contribution < 1.29 is 49.9 Å². The summed E-state index contributed by atoms with van der Waals surface area (Å²) < 4.78 is 1.42. The van der Waals surface area contributed by atoms with Crippen LogP contribution < -0.4 is 24.8 Å². The summed E-state index contributed by atoms with van der Waals surface area (Å²) in [6, 6.07) is 8.71. The zero-order valence-corrected chi connectivity index (χ0v) is 16.4. The summed E-state index contributed by atoms with van der Waals surface area (Å²) in [4.78, 5) is 0. The number of hydrogen-bond acceptors (Lipinski definition) is 1. The van der Waals surface area contributed by atoms with E-state index in [4.69, 9.17) is 5.11 Å². The van der Waals surface area contributed by atoms with Crippen LogP contribution in [0, 0.1) is 6.08 Å². The molecule has 21 heavy (non-hydrogen) atoms. The number of phenolic OH excluding ortho intramolecular Hbond substituents is 1. The maximum atomic E-state index is 8.63. The number of benzene rings is 1. The van der Waals surface area contributed by atoms with E-state index in [2.05, 4.69) is 60.7 Å². The van der Waals surface area contributed by atoms with Crippen molar-refractivity contribution in [3.05, 3.63) is 53.1 Å². The molecule has 1 aliphatic rings. The Balaban J connectivity index is -0.000000233. The van der Waals surface area contributed by atoms with Crippen molar-refractivity contribution in [3.8, 4) is 5.75 Å². The van der Waals surface area contributed by atoms with Crippen LogP contribution in [0.3, 0.4) is 0 Å². The van der Waals surface area contributed by atoms with Crippen LogP contribution in [0.4, 0.5) is 0 Å². The van der Waals surface area contributed by atoms with Crippen LogP contribution in [0.2, 0.25) is 0 Å². The fourth-order valence-corrected chi connectivity index (χ4v) is 1.28. The standard InChI is InChI=1S/C8H11.C6H6O.C3H6.2ClH.Ti/c1-6-4-5-7(2)8(6)3;7-6-4-2-1-3-5-6;1-3-2;;;/h4H2,1-3H3;1-5,7H;1-2H3;2*1H;/q-1;;;;;+1/p-2. The maximum Gasteiger partial charge on any atom is 0.115 e. The van der Waals surface area contributed by atoms with Gasteiger partial charge in [0.2, 0.25) is 0 Å². The van der Waals surface area contributed by atoms with Crippen molar-refractivity contribution in [2.75, 3.05) is 0 Å². The van der Waals surface area contributed by atoms with Crippen molar-refractivity contribution in [3.63, 3.8) is 0 Å². The Morgan fingerprint density at radius 3 is 1.62 bits per heavy atom. The van der Waals surface area contributed by atoms with Crippen molar-refractivity contribution in [1.82, 2.24) is 0 Å². The molecule has 2 rings (SSSR count). The molecule has 0 unspecified atom stereocenters. The van der Waals surface area contributed by atoms with Crippen molar-refractivity contribution in [2.24, 2.45) is 0 Å². The number of halogens is 2. The minimum Gasteiger partial charge on any atom is -1.00 e. The Kier molecular flexibility index (Phi) is 17.8. The zero-order valence-electron chi connectivity index (χ0n) is 13.3. The first-order chi connectivity index (χ1) is 8.84. The molecule has 4 heteroatoms. The van der Waals surface area contributed by atoms with Gasteiger partial charge < -0.3 is 29.9 Å². The van der Waals surface area contributed by atoms with Gasteiger partial charge in [-0.15, -0.1) is 13.3 Å². The van der Waals surface area contributed by atoms with Crippen molar-refractivity contribution in [2.45, 2.75) is 41.0 Å². The molecular weight excluding hydrogens is 339 g/mol. The molecule has 0 aromatic heterocycles. The van der Waals surface area contributed by atoms with Gasteiger partial charge in [0, 0.05) is 0 Å². The van der Waals surface area contributed by atoms with E-state index in [9.17, 15) is 0 Å². The Morgan fingerprint density at radius 2 is 1.48 bits per heavy atom. The second-order valence-electron chi connectivity index (χ2n) is 4.72. The Hall–Kier alpha value is -0.336. The fourth-order valence-electron chi connectivity index (χ4n) is 1.28. The summed E-state index contributed by atoms with van der Waals surface area (Å²) in [5.41, 5.74) is 4.25. The van der Waals surface area contributed by atoms with E-state index in [1.165, 1.54) is 20.5 Å². The second-order valence-corrected chi connectivity index (χ2v) is 6.28. The molecule has 0 spiro atoms. The minimum atomic E-state index is 0. The molecule has 1 aliphatic carbocycles. The van der Waals surface area contributed by atoms with Crippen LogP contribution in [0.1, 0.15) is 41.0 Å². The van der Waals surface area contributed by atoms with Gasteiger partial charge in [-0.3, -0.25) is 6.08 Å². The molecule has 117 valence electrons. The Bertz CT molecular complexity index is 455. The van der Waals surface area contributed by atoms with Crippen LogP contribution in [-0.4, -0.2) is 8.92 Å². The largest absolute Gasteiger partial charge is 1.00 e. The molecule has 1 nitrogen and oxygen atoms in total. The average Bonchev–Trinajstić information content (AvgIpc) is 2.62. The van der Waals surface area contributed by atoms with Gasteiger partial charge in [-0.1, -0.05) is 32.0 Å². The molecule has 0 heterocycles. The Morgan fingerprint density at radius 1 is 1.05 bits per heavy atom. The van der Waals surface area contributed by atoms with Gasteiger partial charge in [-0.2, -0.15) is 11.1 Å². The van der Waals surface area contributed by atoms with Gasteiger partial charge in [-0.25, -0.2) is 5.57 Å². The van der Waals surface area contributed by atoms with E-state index in [0.717, 1.165) is 6.42 Å². The minimum absolute atomic E-state index is 0. The van der Waals surface area contributed by atoms with Crippen LogP contribution in [-0.2, 0) is 20.0 Å². The molecular formula is C17H23Cl2OTi-2. The van der Waals surface area contributed by atoms with E-state index < -0.39 is 0 Å². The first-order valence-electron chi connectivity index (χ1n) is 6.34. The molecule has 0 saturated carbocycles. The number of hydrogen-bond donors (Lipinski definition) is 1. The molecule has 0 fully saturated rings. The van der Waals surface area contributed by atoms with Crippen LogP contribution in [0.15, 0.2) is 47.1 Å². The van der Waals surface area contributed by atoms with E-state index in [-0.39, 0.29) is 24.8 Å². The van der Waals surface area contributed by atoms with Gasteiger partial charge >= 0.3 is 37.6 Å². The molecule has 0 amide bonds. The molecule has 1 N–H and O–H groups in total. The van der Waals surface area contributed by atoms with Crippen LogP contribution in [0.5, 0.6) is 5.75 Å². The van der Waals surface area contributed by atoms with Crippen LogP contribution in [0.25, 0.3) is 0 Å². The second kappa shape index (κ2) is 14.6. The van der Waals surface area contributed by atoms with Crippen LogP contribution >= 0.6 is 0 Å². The third kappa shape index (κ3) is 14.4. The summed E-state index contributed by atoms with van der Waals surface area (Å²) in [5.74, 6) is 0.322. The predicted molar refractivity (Wildman–Crippen MR) is 79.9 cm³/mol. The molecule has 0 aliphatic heterocycles. The van der Waals surface area contributed by atoms with Gasteiger partial charge in [0.15, 0.2) is 0 Å². The summed E-state index contributed by atoms with van der Waals surface area (Å²) in [5, 5.41) is 8.63. The molecule has 1 aromatic carbocycles. The molecule has 0 atom stereocenters. The third-order valence-electron chi connectivity index (χ3n) is 2.58. The van der Waals surface area contributed by atoms with E-state index in [1.54, 1.807) is 24.3 Å². The first kappa shape index (κ1) is 25.6. The summed E-state index contributed by atoms with van der Waals surface area (Å²) in [6.07, 6.45) is 4.31. The molecule has 0 bridgehead atoms. The summed E-state index contributed by atoms with van der Waals surface area (Å²) in [7, 11) is 0. The van der Waals surface area contributed by atoms with Gasteiger partial charge in [0.25, 0.3) is 0 Å². The Labute approximate surface area is 153 Å². The molecule has 0 radical (unpaired) electrons. The van der Waals surface area contributed by atoms with Gasteiger partial charge in [-0.05, 0) is 12.1 Å². The van der Waals surface area contributed by atoms with Gasteiger partial charge in [0.1, 0.15) is 5.75 Å². The number of rotatable bonds is 0. The topological polar surface area (TPSA) is 20.2 Å². The summed E-state index contributed by atoms with van der Waals surface area (Å²) in [6.45, 7) is 10.6. The van der Waals surface area contributed by atoms with E-state index >= 15 is 0 Å². The van der Waals surface area contributed by atoms with Crippen molar-refractivity contribution in [1.29, 1.82) is 0 Å². The third-order valence-corrected chi connectivity index (χ3v) is 2.58. The predicted octanol–water partition coefficient (Wildman–Crippen LogP) is -1.38. The first-order valence-corrected chi connectivity index (χ1v) is 7.12. The van der Waals surface area contributed by atoms with E-state index in [1.807, 2.05) is 6.07 Å². The SMILES string of the molecule is CC1=[C-]CC(C)=C1C.C[C](C)=[Ti+].Oc1ccccc1.[Cl-].[Cl-]. The quantitative estimate of drug-likeness (QED) is 0.446. The smallest absolute Gasteiger partial charge is 0.115 e. The number of allylic oxidation sites excluding steroid dienone is 4. The van der Waals surface area contributed by atoms with E-state index in [0.29, 0.717) is 5.75 Å². The van der Waals surface area contributed by atoms with Gasteiger partial charge in [0.05, 0.1) is 0 Å². The normalized spacial score (nSPS) is 11.7. The zero-order chi connectivity index (χ0) is 14.8. The monoisotopic (exact) mass is 361 g/mol. The van der Waals surface area contributed by atoms with Crippen molar-refractivity contribution >= 4 is 3.81 Å². The number of para-hydroxylation sites is 1. The fraction of sp³-hybridized carbons (Fsp3) is 0.353. The maximum absolute atomic E-state index is 8.63.